The van der Waals surface area contributed by atoms with Crippen molar-refractivity contribution in [2.75, 3.05) is 0 Å². The number of hydrogen-bond acceptors (Lipinski definition) is 4. The lowest BCUT2D eigenvalue weighted by atomic mass is 10.0. The number of rotatable bonds is 1. The van der Waals surface area contributed by atoms with Crippen LogP contribution in [0.5, 0.6) is 0 Å². The molecule has 3 aromatic rings. The molecule has 5 heteroatoms. The molecule has 1 aromatic carbocycles. The molecule has 1 N–H and O–H groups in total. The lowest BCUT2D eigenvalue weighted by Crippen LogP contribution is -1.92. The Labute approximate surface area is 103 Å². The number of hydrogen-bond donors (Lipinski definition) is 1. The van der Waals surface area contributed by atoms with Crippen LogP contribution >= 0.6 is 0 Å². The number of aromatic amines is 1. The van der Waals surface area contributed by atoms with Gasteiger partial charge >= 0.3 is 0 Å². The zero-order valence-electron chi connectivity index (χ0n) is 9.68. The molecule has 86 valence electrons. The van der Waals surface area contributed by atoms with Crippen LogP contribution in [0.3, 0.4) is 0 Å². The van der Waals surface area contributed by atoms with Crippen molar-refractivity contribution in [3.63, 3.8) is 0 Å². The highest BCUT2D eigenvalue weighted by atomic mass is 15.1. The maximum Gasteiger partial charge on any atom is 0.163 e. The van der Waals surface area contributed by atoms with E-state index in [-0.39, 0.29) is 0 Å². The third kappa shape index (κ3) is 1.52. The minimum atomic E-state index is 0.316. The molecule has 2 heterocycles. The third-order valence-corrected chi connectivity index (χ3v) is 2.87. The molecule has 0 fully saturated rings. The van der Waals surface area contributed by atoms with Crippen molar-refractivity contribution in [1.82, 2.24) is 20.4 Å². The Morgan fingerprint density at radius 1 is 1.17 bits per heavy atom. The van der Waals surface area contributed by atoms with E-state index in [0.717, 1.165) is 27.7 Å². The molecule has 0 saturated heterocycles. The lowest BCUT2D eigenvalue weighted by molar-refractivity contribution is 1.02. The summed E-state index contributed by atoms with van der Waals surface area (Å²) in [5, 5.41) is 24.7. The molecule has 18 heavy (non-hydrogen) atoms. The second kappa shape index (κ2) is 3.93. The topological polar surface area (TPSA) is 78.2 Å². The number of fused-ring (bicyclic) bond motifs is 1. The monoisotopic (exact) mass is 235 g/mol. The van der Waals surface area contributed by atoms with Crippen molar-refractivity contribution in [2.24, 2.45) is 0 Å². The molecule has 0 aliphatic carbocycles. The zero-order chi connectivity index (χ0) is 12.5. The van der Waals surface area contributed by atoms with E-state index < -0.39 is 0 Å². The number of aryl methyl sites for hydroxylation is 1. The van der Waals surface area contributed by atoms with Gasteiger partial charge in [0.2, 0.25) is 0 Å². The number of nitrogens with zero attached hydrogens (tertiary/aromatic N) is 4. The van der Waals surface area contributed by atoms with E-state index in [0.29, 0.717) is 5.69 Å². The maximum atomic E-state index is 8.72. The van der Waals surface area contributed by atoms with Crippen LogP contribution in [0.1, 0.15) is 11.3 Å². The van der Waals surface area contributed by atoms with Crippen LogP contribution < -0.4 is 0 Å². The Bertz CT molecular complexity index is 749. The predicted octanol–water partition coefficient (Wildman–Crippen LogP) is 2.20. The normalized spacial score (nSPS) is 10.4. The van der Waals surface area contributed by atoms with Crippen LogP contribution in [0.15, 0.2) is 30.5 Å². The quantitative estimate of drug-likeness (QED) is 0.701. The van der Waals surface area contributed by atoms with Gasteiger partial charge in [-0.2, -0.15) is 10.4 Å². The number of nitrogens with one attached hydrogen (secondary N) is 1. The number of aromatic nitrogens is 4. The van der Waals surface area contributed by atoms with Gasteiger partial charge in [-0.15, -0.1) is 10.2 Å². The maximum absolute atomic E-state index is 8.72. The minimum Gasteiger partial charge on any atom is -0.278 e. The smallest absolute Gasteiger partial charge is 0.163 e. The van der Waals surface area contributed by atoms with Crippen molar-refractivity contribution < 1.29 is 0 Å². The molecule has 0 saturated carbocycles. The first kappa shape index (κ1) is 10.4. The van der Waals surface area contributed by atoms with Crippen LogP contribution in [0, 0.1) is 18.3 Å². The van der Waals surface area contributed by atoms with Crippen molar-refractivity contribution in [3.8, 4) is 17.3 Å². The number of nitriles is 1. The van der Waals surface area contributed by atoms with Gasteiger partial charge in [0.15, 0.2) is 5.69 Å². The van der Waals surface area contributed by atoms with E-state index in [9.17, 15) is 0 Å². The molecule has 0 aliphatic rings. The molecular formula is C13H9N5. The summed E-state index contributed by atoms with van der Waals surface area (Å²) in [6, 6.07) is 9.43. The Kier molecular flexibility index (Phi) is 2.27. The molecule has 0 bridgehead atoms. The fraction of sp³-hybridized carbons (Fsp3) is 0.0769. The van der Waals surface area contributed by atoms with E-state index in [1.165, 1.54) is 0 Å². The second-order valence-electron chi connectivity index (χ2n) is 4.00. The minimum absolute atomic E-state index is 0.316. The highest BCUT2D eigenvalue weighted by molar-refractivity contribution is 5.94. The zero-order valence-corrected chi connectivity index (χ0v) is 9.68. The third-order valence-electron chi connectivity index (χ3n) is 2.87. The average Bonchev–Trinajstić information content (AvgIpc) is 2.87. The molecule has 0 atom stereocenters. The molecular weight excluding hydrogens is 226 g/mol. The second-order valence-corrected chi connectivity index (χ2v) is 4.00. The van der Waals surface area contributed by atoms with Gasteiger partial charge in [0.1, 0.15) is 6.07 Å². The van der Waals surface area contributed by atoms with Crippen LogP contribution in [-0.4, -0.2) is 20.4 Å². The van der Waals surface area contributed by atoms with E-state index >= 15 is 0 Å². The van der Waals surface area contributed by atoms with E-state index in [2.05, 4.69) is 20.4 Å². The molecule has 3 rings (SSSR count). The summed E-state index contributed by atoms with van der Waals surface area (Å²) in [4.78, 5) is 0. The first-order valence-electron chi connectivity index (χ1n) is 5.46. The van der Waals surface area contributed by atoms with Crippen molar-refractivity contribution >= 4 is 10.9 Å². The Hall–Kier alpha value is -2.74. The van der Waals surface area contributed by atoms with Crippen LogP contribution in [0.4, 0.5) is 0 Å². The Morgan fingerprint density at radius 2 is 2.06 bits per heavy atom. The molecule has 0 radical (unpaired) electrons. The summed E-state index contributed by atoms with van der Waals surface area (Å²) in [7, 11) is 0. The summed E-state index contributed by atoms with van der Waals surface area (Å²) in [5.41, 5.74) is 4.12. The van der Waals surface area contributed by atoms with Gasteiger partial charge in [-0.25, -0.2) is 0 Å². The Balaban J connectivity index is 2.27. The summed E-state index contributed by atoms with van der Waals surface area (Å²) in [6.07, 6.45) is 1.78. The van der Waals surface area contributed by atoms with Gasteiger partial charge in [0, 0.05) is 10.9 Å². The van der Waals surface area contributed by atoms with Gasteiger partial charge in [0.05, 0.1) is 17.4 Å². The van der Waals surface area contributed by atoms with Crippen molar-refractivity contribution in [3.05, 3.63) is 41.7 Å². The molecule has 0 spiro atoms. The fourth-order valence-electron chi connectivity index (χ4n) is 1.99. The SMILES string of the molecule is Cc1ccc2[nH]ncc2c1-c1ccc(C#N)nn1. The van der Waals surface area contributed by atoms with Crippen LogP contribution in [0.2, 0.25) is 0 Å². The van der Waals surface area contributed by atoms with E-state index in [4.69, 9.17) is 5.26 Å². The van der Waals surface area contributed by atoms with Crippen LogP contribution in [0.25, 0.3) is 22.2 Å². The van der Waals surface area contributed by atoms with E-state index in [1.54, 1.807) is 18.3 Å². The molecule has 0 unspecified atom stereocenters. The van der Waals surface area contributed by atoms with Gasteiger partial charge in [0.25, 0.3) is 0 Å². The standard InChI is InChI=1S/C13H9N5/c1-8-2-4-11-10(7-15-17-11)13(8)12-5-3-9(6-14)16-18-12/h2-5,7H,1H3,(H,15,17). The van der Waals surface area contributed by atoms with Gasteiger partial charge in [-0.3, -0.25) is 5.10 Å². The van der Waals surface area contributed by atoms with Crippen molar-refractivity contribution in [1.29, 1.82) is 5.26 Å². The van der Waals surface area contributed by atoms with Gasteiger partial charge in [-0.1, -0.05) is 6.07 Å². The first-order chi connectivity index (χ1) is 8.79. The fourth-order valence-corrected chi connectivity index (χ4v) is 1.99. The van der Waals surface area contributed by atoms with Gasteiger partial charge < -0.3 is 0 Å². The summed E-state index contributed by atoms with van der Waals surface area (Å²) in [5.74, 6) is 0. The highest BCUT2D eigenvalue weighted by Crippen LogP contribution is 2.29. The number of benzene rings is 1. The molecule has 2 aromatic heterocycles. The summed E-state index contributed by atoms with van der Waals surface area (Å²) in [6.45, 7) is 2.02. The van der Waals surface area contributed by atoms with Gasteiger partial charge in [-0.05, 0) is 30.7 Å². The van der Waals surface area contributed by atoms with Crippen molar-refractivity contribution in [2.45, 2.75) is 6.92 Å². The average molecular weight is 235 g/mol. The molecule has 5 nitrogen and oxygen atoms in total. The number of H-pyrrole nitrogens is 1. The predicted molar refractivity (Wildman–Crippen MR) is 66.6 cm³/mol. The molecule has 0 aliphatic heterocycles. The Morgan fingerprint density at radius 3 is 2.78 bits per heavy atom. The molecule has 0 amide bonds. The summed E-state index contributed by atoms with van der Waals surface area (Å²) >= 11 is 0. The summed E-state index contributed by atoms with van der Waals surface area (Å²) < 4.78 is 0. The van der Waals surface area contributed by atoms with E-state index in [1.807, 2.05) is 25.1 Å². The first-order valence-corrected chi connectivity index (χ1v) is 5.46. The van der Waals surface area contributed by atoms with Crippen LogP contribution in [-0.2, 0) is 0 Å². The highest BCUT2D eigenvalue weighted by Gasteiger charge is 2.10. The largest absolute Gasteiger partial charge is 0.278 e. The lowest BCUT2D eigenvalue weighted by Gasteiger charge is -2.05.